The number of carbonyl (C=O) groups is 2. The van der Waals surface area contributed by atoms with E-state index in [2.05, 4.69) is 16.7 Å². The van der Waals surface area contributed by atoms with Gasteiger partial charge in [-0.2, -0.15) is 5.26 Å². The lowest BCUT2D eigenvalue weighted by molar-refractivity contribution is -0.129. The number of nitrogens with one attached hydrogen (secondary N) is 2. The van der Waals surface area contributed by atoms with Crippen molar-refractivity contribution in [1.29, 1.82) is 5.26 Å². The van der Waals surface area contributed by atoms with Crippen molar-refractivity contribution < 1.29 is 19.1 Å². The Bertz CT molecular complexity index is 545. The van der Waals surface area contributed by atoms with Gasteiger partial charge >= 0.3 is 0 Å². The van der Waals surface area contributed by atoms with E-state index in [0.717, 1.165) is 0 Å². The zero-order valence-electron chi connectivity index (χ0n) is 12.4. The summed E-state index contributed by atoms with van der Waals surface area (Å²) >= 11 is 0. The number of nitrogens with zero attached hydrogens (tertiary/aromatic N) is 1. The second-order valence-corrected chi connectivity index (χ2v) is 6.06. The summed E-state index contributed by atoms with van der Waals surface area (Å²) in [6.45, 7) is 2.14. The predicted octanol–water partition coefficient (Wildman–Crippen LogP) is -0.367. The maximum absolute atomic E-state index is 12.4. The van der Waals surface area contributed by atoms with Crippen molar-refractivity contribution in [2.45, 2.75) is 44.1 Å². The number of fused-ring (bicyclic) bond motifs is 1. The largest absolute Gasteiger partial charge is 0.371 e. The fourth-order valence-corrected chi connectivity index (χ4v) is 3.29. The first-order chi connectivity index (χ1) is 10.6. The number of carbonyl (C=O) groups excluding carboxylic acids is 2. The summed E-state index contributed by atoms with van der Waals surface area (Å²) < 4.78 is 11.4. The number of rotatable bonds is 3. The van der Waals surface area contributed by atoms with Crippen LogP contribution >= 0.6 is 0 Å². The lowest BCUT2D eigenvalue weighted by Crippen LogP contribution is -2.50. The molecule has 22 heavy (non-hydrogen) atoms. The average Bonchev–Trinajstić information content (AvgIpc) is 3.18. The van der Waals surface area contributed by atoms with Crippen LogP contribution < -0.4 is 10.6 Å². The molecular weight excluding hydrogens is 286 g/mol. The van der Waals surface area contributed by atoms with E-state index in [1.807, 2.05) is 12.2 Å². The van der Waals surface area contributed by atoms with Crippen molar-refractivity contribution in [3.63, 3.8) is 0 Å². The predicted molar refractivity (Wildman–Crippen MR) is 75.4 cm³/mol. The summed E-state index contributed by atoms with van der Waals surface area (Å²) in [5.74, 6) is -0.411. The minimum Gasteiger partial charge on any atom is -0.371 e. The molecule has 3 aliphatic rings. The normalized spacial score (nSPS) is 34.9. The van der Waals surface area contributed by atoms with E-state index in [4.69, 9.17) is 9.47 Å². The Morgan fingerprint density at radius 2 is 1.68 bits per heavy atom. The first kappa shape index (κ1) is 15.0. The summed E-state index contributed by atoms with van der Waals surface area (Å²) in [6, 6.07) is 1.65. The summed E-state index contributed by atoms with van der Waals surface area (Å²) in [4.78, 5) is 23.6. The Labute approximate surface area is 128 Å². The molecule has 0 spiro atoms. The number of hydrogen-bond donors (Lipinski definition) is 2. The summed E-state index contributed by atoms with van der Waals surface area (Å²) in [7, 11) is 0. The van der Waals surface area contributed by atoms with Crippen LogP contribution in [0.4, 0.5) is 0 Å². The van der Waals surface area contributed by atoms with Crippen LogP contribution in [-0.2, 0) is 19.1 Å². The van der Waals surface area contributed by atoms with Crippen LogP contribution in [0.5, 0.6) is 0 Å². The van der Waals surface area contributed by atoms with Gasteiger partial charge in [-0.3, -0.25) is 9.59 Å². The molecule has 0 saturated carbocycles. The minimum absolute atomic E-state index is 0.134. The van der Waals surface area contributed by atoms with Gasteiger partial charge in [0.15, 0.2) is 0 Å². The molecule has 7 nitrogen and oxygen atoms in total. The van der Waals surface area contributed by atoms with Crippen LogP contribution in [-0.4, -0.2) is 49.3 Å². The third-order valence-corrected chi connectivity index (χ3v) is 4.51. The van der Waals surface area contributed by atoms with Gasteiger partial charge in [-0.15, -0.1) is 0 Å². The molecule has 118 valence electrons. The Balaban J connectivity index is 1.62. The standard InChI is InChI=1S/C15H19N3O4/c1-9(19)17-10-6-21-13-11(7-22-12(10)13)18-14(20)15(8-16)4-2-3-5-15/h2-3,10-13H,4-7H2,1H3,(H,17,19)(H,18,20)/t10-,11-,12+,13+/m0/s1. The molecule has 7 heteroatoms. The van der Waals surface area contributed by atoms with E-state index in [-0.39, 0.29) is 36.1 Å². The molecule has 2 aliphatic heterocycles. The van der Waals surface area contributed by atoms with E-state index in [0.29, 0.717) is 26.1 Å². The first-order valence-electron chi connectivity index (χ1n) is 7.43. The third-order valence-electron chi connectivity index (χ3n) is 4.51. The second-order valence-electron chi connectivity index (χ2n) is 6.06. The molecule has 0 radical (unpaired) electrons. The molecule has 4 atom stereocenters. The lowest BCUT2D eigenvalue weighted by Gasteiger charge is -2.24. The molecule has 1 aliphatic carbocycles. The van der Waals surface area contributed by atoms with Gasteiger partial charge < -0.3 is 20.1 Å². The van der Waals surface area contributed by atoms with E-state index in [1.54, 1.807) is 0 Å². The highest BCUT2D eigenvalue weighted by Gasteiger charge is 2.50. The Morgan fingerprint density at radius 3 is 2.18 bits per heavy atom. The molecular formula is C15H19N3O4. The maximum atomic E-state index is 12.4. The molecule has 0 bridgehead atoms. The van der Waals surface area contributed by atoms with Crippen LogP contribution in [0.1, 0.15) is 19.8 Å². The smallest absolute Gasteiger partial charge is 0.241 e. The number of allylic oxidation sites excluding steroid dienone is 2. The monoisotopic (exact) mass is 305 g/mol. The van der Waals surface area contributed by atoms with Crippen molar-refractivity contribution in [3.05, 3.63) is 12.2 Å². The maximum Gasteiger partial charge on any atom is 0.241 e. The summed E-state index contributed by atoms with van der Waals surface area (Å²) in [5.41, 5.74) is -1.01. The number of hydrogen-bond acceptors (Lipinski definition) is 5. The molecule has 2 fully saturated rings. The van der Waals surface area contributed by atoms with Gasteiger partial charge in [0, 0.05) is 6.92 Å². The molecule has 2 amide bonds. The van der Waals surface area contributed by atoms with Gasteiger partial charge in [-0.25, -0.2) is 0 Å². The van der Waals surface area contributed by atoms with Gasteiger partial charge in [-0.1, -0.05) is 12.2 Å². The fourth-order valence-electron chi connectivity index (χ4n) is 3.29. The molecule has 0 aromatic carbocycles. The molecule has 2 N–H and O–H groups in total. The zero-order valence-corrected chi connectivity index (χ0v) is 12.4. The van der Waals surface area contributed by atoms with Crippen molar-refractivity contribution in [2.75, 3.05) is 13.2 Å². The van der Waals surface area contributed by atoms with Gasteiger partial charge in [-0.05, 0) is 12.8 Å². The van der Waals surface area contributed by atoms with E-state index in [1.165, 1.54) is 6.92 Å². The topological polar surface area (TPSA) is 100 Å². The van der Waals surface area contributed by atoms with Crippen molar-refractivity contribution >= 4 is 11.8 Å². The van der Waals surface area contributed by atoms with Gasteiger partial charge in [0.1, 0.15) is 17.6 Å². The van der Waals surface area contributed by atoms with Crippen LogP contribution in [0.25, 0.3) is 0 Å². The van der Waals surface area contributed by atoms with Gasteiger partial charge in [0.05, 0.1) is 31.4 Å². The van der Waals surface area contributed by atoms with Gasteiger partial charge in [0.2, 0.25) is 11.8 Å². The minimum atomic E-state index is -1.01. The average molecular weight is 305 g/mol. The second kappa shape index (κ2) is 5.71. The molecule has 0 aromatic heterocycles. The Hall–Kier alpha value is -1.91. The number of nitriles is 1. The number of amides is 2. The molecule has 2 saturated heterocycles. The molecule has 3 rings (SSSR count). The van der Waals surface area contributed by atoms with Crippen molar-refractivity contribution in [1.82, 2.24) is 10.6 Å². The fraction of sp³-hybridized carbons (Fsp3) is 0.667. The molecule has 2 heterocycles. The van der Waals surface area contributed by atoms with Crippen LogP contribution in [0, 0.1) is 16.7 Å². The van der Waals surface area contributed by atoms with Crippen LogP contribution in [0.2, 0.25) is 0 Å². The highest BCUT2D eigenvalue weighted by molar-refractivity contribution is 5.86. The van der Waals surface area contributed by atoms with E-state index >= 15 is 0 Å². The quantitative estimate of drug-likeness (QED) is 0.693. The Morgan fingerprint density at radius 1 is 1.14 bits per heavy atom. The van der Waals surface area contributed by atoms with Crippen molar-refractivity contribution in [2.24, 2.45) is 5.41 Å². The highest BCUT2D eigenvalue weighted by Crippen LogP contribution is 2.34. The van der Waals surface area contributed by atoms with Crippen LogP contribution in [0.3, 0.4) is 0 Å². The highest BCUT2D eigenvalue weighted by atomic mass is 16.6. The first-order valence-corrected chi connectivity index (χ1v) is 7.43. The zero-order chi connectivity index (χ0) is 15.7. The van der Waals surface area contributed by atoms with Crippen LogP contribution in [0.15, 0.2) is 12.2 Å². The van der Waals surface area contributed by atoms with E-state index in [9.17, 15) is 14.9 Å². The summed E-state index contributed by atoms with van der Waals surface area (Å²) in [5, 5.41) is 15.0. The third kappa shape index (κ3) is 2.49. The Kier molecular flexibility index (Phi) is 3.89. The summed E-state index contributed by atoms with van der Waals surface area (Å²) in [6.07, 6.45) is 4.05. The van der Waals surface area contributed by atoms with Gasteiger partial charge in [0.25, 0.3) is 0 Å². The molecule has 0 unspecified atom stereocenters. The number of ether oxygens (including phenoxy) is 2. The van der Waals surface area contributed by atoms with Crippen molar-refractivity contribution in [3.8, 4) is 6.07 Å². The SMILES string of the molecule is CC(=O)N[C@H]1CO[C@H]2[C@@H]1OC[C@@H]2NC(=O)C1(C#N)CC=CC1. The van der Waals surface area contributed by atoms with E-state index < -0.39 is 5.41 Å². The molecule has 0 aromatic rings. The lowest BCUT2D eigenvalue weighted by atomic mass is 9.85.